The van der Waals surface area contributed by atoms with Gasteiger partial charge in [-0.25, -0.2) is 0 Å². The van der Waals surface area contributed by atoms with E-state index < -0.39 is 6.10 Å². The summed E-state index contributed by atoms with van der Waals surface area (Å²) in [5.74, 6) is -0.229. The van der Waals surface area contributed by atoms with Gasteiger partial charge in [-0.05, 0) is 41.4 Å². The van der Waals surface area contributed by atoms with Crippen LogP contribution in [0.25, 0.3) is 0 Å². The summed E-state index contributed by atoms with van der Waals surface area (Å²) in [5, 5.41) is 16.2. The van der Waals surface area contributed by atoms with E-state index in [-0.39, 0.29) is 31.1 Å². The molecule has 4 nitrogen and oxygen atoms in total. The van der Waals surface area contributed by atoms with Crippen molar-refractivity contribution < 1.29 is 14.7 Å². The molecule has 0 bridgehead atoms. The number of carbonyl (C=O) groups is 2. The van der Waals surface area contributed by atoms with Crippen LogP contribution in [0.4, 0.5) is 0 Å². The van der Waals surface area contributed by atoms with E-state index in [2.05, 4.69) is 5.32 Å². The Morgan fingerprint density at radius 3 is 2.71 bits per heavy atom. The number of thiophene rings is 2. The van der Waals surface area contributed by atoms with Crippen molar-refractivity contribution in [3.8, 4) is 0 Å². The fraction of sp³-hybridized carbons (Fsp3) is 0.333. The molecule has 2 aromatic heterocycles. The lowest BCUT2D eigenvalue weighted by molar-refractivity contribution is -0.121. The van der Waals surface area contributed by atoms with Crippen LogP contribution in [0, 0.1) is 6.92 Å². The van der Waals surface area contributed by atoms with Crippen molar-refractivity contribution in [2.75, 3.05) is 6.54 Å². The van der Waals surface area contributed by atoms with Gasteiger partial charge in [-0.15, -0.1) is 11.3 Å². The van der Waals surface area contributed by atoms with Crippen LogP contribution in [-0.4, -0.2) is 23.3 Å². The Morgan fingerprint density at radius 1 is 1.29 bits per heavy atom. The Balaban J connectivity index is 1.71. The van der Waals surface area contributed by atoms with Gasteiger partial charge in [-0.3, -0.25) is 9.59 Å². The van der Waals surface area contributed by atoms with Crippen LogP contribution in [0.1, 0.15) is 39.1 Å². The standard InChI is InChI=1S/C15H17NO3S2/c1-10-2-4-14(21-10)12(17)3-5-15(19)16-8-13(18)11-6-7-20-9-11/h2,4,6-7,9,13,18H,3,5,8H2,1H3,(H,16,19). The van der Waals surface area contributed by atoms with Gasteiger partial charge in [0.15, 0.2) is 5.78 Å². The smallest absolute Gasteiger partial charge is 0.220 e. The number of amides is 1. The number of Topliss-reactive ketones (excluding diaryl/α,β-unsaturated/α-hetero) is 1. The van der Waals surface area contributed by atoms with Crippen LogP contribution in [0.3, 0.4) is 0 Å². The molecule has 0 aromatic carbocycles. The minimum absolute atomic E-state index is 0.0124. The van der Waals surface area contributed by atoms with E-state index in [1.165, 1.54) is 22.7 Å². The molecular weight excluding hydrogens is 306 g/mol. The number of aryl methyl sites for hydroxylation is 1. The molecule has 2 aromatic rings. The normalized spacial score (nSPS) is 12.1. The van der Waals surface area contributed by atoms with Crippen LogP contribution in [0.15, 0.2) is 29.0 Å². The molecule has 2 N–H and O–H groups in total. The Bertz CT molecular complexity index is 604. The molecule has 6 heteroatoms. The van der Waals surface area contributed by atoms with E-state index in [0.717, 1.165) is 10.4 Å². The summed E-state index contributed by atoms with van der Waals surface area (Å²) >= 11 is 2.94. The van der Waals surface area contributed by atoms with Crippen LogP contribution in [0.2, 0.25) is 0 Å². The molecule has 1 atom stereocenters. The van der Waals surface area contributed by atoms with Gasteiger partial charge in [0.25, 0.3) is 0 Å². The van der Waals surface area contributed by atoms with E-state index in [4.69, 9.17) is 0 Å². The molecule has 0 radical (unpaired) electrons. The Morgan fingerprint density at radius 2 is 2.10 bits per heavy atom. The highest BCUT2D eigenvalue weighted by atomic mass is 32.1. The van der Waals surface area contributed by atoms with Crippen molar-refractivity contribution in [3.05, 3.63) is 44.3 Å². The predicted octanol–water partition coefficient (Wildman–Crippen LogP) is 2.93. The van der Waals surface area contributed by atoms with Gasteiger partial charge in [0.05, 0.1) is 11.0 Å². The third-order valence-electron chi connectivity index (χ3n) is 3.01. The molecule has 0 fully saturated rings. The topological polar surface area (TPSA) is 66.4 Å². The fourth-order valence-electron chi connectivity index (χ4n) is 1.82. The molecule has 112 valence electrons. The molecule has 0 saturated carbocycles. The average molecular weight is 323 g/mol. The second kappa shape index (κ2) is 7.49. The van der Waals surface area contributed by atoms with Crippen molar-refractivity contribution >= 4 is 34.4 Å². The highest BCUT2D eigenvalue weighted by Crippen LogP contribution is 2.18. The molecule has 0 aliphatic heterocycles. The highest BCUT2D eigenvalue weighted by Gasteiger charge is 2.13. The third-order valence-corrected chi connectivity index (χ3v) is 4.76. The van der Waals surface area contributed by atoms with Crippen molar-refractivity contribution in [3.63, 3.8) is 0 Å². The minimum Gasteiger partial charge on any atom is -0.387 e. The molecule has 0 saturated heterocycles. The first-order valence-electron chi connectivity index (χ1n) is 6.63. The first kappa shape index (κ1) is 15.9. The molecular formula is C15H17NO3S2. The van der Waals surface area contributed by atoms with Gasteiger partial charge in [0.2, 0.25) is 5.91 Å². The summed E-state index contributed by atoms with van der Waals surface area (Å²) in [4.78, 5) is 25.3. The lowest BCUT2D eigenvalue weighted by Crippen LogP contribution is -2.28. The maximum absolute atomic E-state index is 11.9. The number of aliphatic hydroxyl groups excluding tert-OH is 1. The minimum atomic E-state index is -0.698. The zero-order valence-corrected chi connectivity index (χ0v) is 13.3. The van der Waals surface area contributed by atoms with E-state index in [0.29, 0.717) is 4.88 Å². The molecule has 1 amide bonds. The first-order chi connectivity index (χ1) is 10.1. The van der Waals surface area contributed by atoms with Crippen LogP contribution in [-0.2, 0) is 4.79 Å². The SMILES string of the molecule is Cc1ccc(C(=O)CCC(=O)NCC(O)c2ccsc2)s1. The quantitative estimate of drug-likeness (QED) is 0.770. The molecule has 0 aliphatic rings. The number of carbonyl (C=O) groups excluding carboxylic acids is 2. The van der Waals surface area contributed by atoms with Gasteiger partial charge in [-0.2, -0.15) is 11.3 Å². The number of rotatable bonds is 7. The van der Waals surface area contributed by atoms with Gasteiger partial charge in [-0.1, -0.05) is 0 Å². The van der Waals surface area contributed by atoms with Crippen molar-refractivity contribution in [1.82, 2.24) is 5.32 Å². The van der Waals surface area contributed by atoms with Crippen LogP contribution < -0.4 is 5.32 Å². The monoisotopic (exact) mass is 323 g/mol. The highest BCUT2D eigenvalue weighted by molar-refractivity contribution is 7.14. The number of ketones is 1. The molecule has 2 heterocycles. The average Bonchev–Trinajstić information content (AvgIpc) is 3.13. The van der Waals surface area contributed by atoms with Crippen LogP contribution in [0.5, 0.6) is 0 Å². The molecule has 1 unspecified atom stereocenters. The number of hydrogen-bond acceptors (Lipinski definition) is 5. The Hall–Kier alpha value is -1.50. The van der Waals surface area contributed by atoms with E-state index in [9.17, 15) is 14.7 Å². The lowest BCUT2D eigenvalue weighted by atomic mass is 10.1. The van der Waals surface area contributed by atoms with E-state index >= 15 is 0 Å². The second-order valence-corrected chi connectivity index (χ2v) is 6.78. The number of nitrogens with one attached hydrogen (secondary N) is 1. The predicted molar refractivity (Wildman–Crippen MR) is 84.9 cm³/mol. The summed E-state index contributed by atoms with van der Waals surface area (Å²) in [6.45, 7) is 2.11. The first-order valence-corrected chi connectivity index (χ1v) is 8.38. The Kier molecular flexibility index (Phi) is 5.67. The van der Waals surface area contributed by atoms with Crippen LogP contribution >= 0.6 is 22.7 Å². The largest absolute Gasteiger partial charge is 0.387 e. The number of hydrogen-bond donors (Lipinski definition) is 2. The van der Waals surface area contributed by atoms with Gasteiger partial charge in [0, 0.05) is 24.3 Å². The fourth-order valence-corrected chi connectivity index (χ4v) is 3.36. The maximum atomic E-state index is 11.9. The van der Waals surface area contributed by atoms with Gasteiger partial charge >= 0.3 is 0 Å². The van der Waals surface area contributed by atoms with E-state index in [1.807, 2.05) is 29.8 Å². The molecule has 0 spiro atoms. The van der Waals surface area contributed by atoms with Gasteiger partial charge < -0.3 is 10.4 Å². The number of aliphatic hydroxyl groups is 1. The summed E-state index contributed by atoms with van der Waals surface area (Å²) < 4.78 is 0. The van der Waals surface area contributed by atoms with Crippen molar-refractivity contribution in [1.29, 1.82) is 0 Å². The zero-order valence-electron chi connectivity index (χ0n) is 11.7. The summed E-state index contributed by atoms with van der Waals surface area (Å²) in [6, 6.07) is 5.51. The second-order valence-electron chi connectivity index (χ2n) is 4.71. The maximum Gasteiger partial charge on any atom is 0.220 e. The van der Waals surface area contributed by atoms with Crippen molar-refractivity contribution in [2.45, 2.75) is 25.9 Å². The summed E-state index contributed by atoms with van der Waals surface area (Å²) in [6.07, 6.45) is -0.359. The third kappa shape index (κ3) is 4.77. The molecule has 21 heavy (non-hydrogen) atoms. The lowest BCUT2D eigenvalue weighted by Gasteiger charge is -2.10. The summed E-state index contributed by atoms with van der Waals surface area (Å²) in [5.41, 5.74) is 0.797. The molecule has 2 rings (SSSR count). The van der Waals surface area contributed by atoms with Gasteiger partial charge in [0.1, 0.15) is 0 Å². The molecule has 0 aliphatic carbocycles. The summed E-state index contributed by atoms with van der Waals surface area (Å²) in [7, 11) is 0. The Labute approximate surface area is 131 Å². The van der Waals surface area contributed by atoms with E-state index in [1.54, 1.807) is 6.07 Å². The van der Waals surface area contributed by atoms with Crippen molar-refractivity contribution in [2.24, 2.45) is 0 Å². The zero-order chi connectivity index (χ0) is 15.2.